The molecule has 0 aliphatic carbocycles. The number of hydrogen-bond donors (Lipinski definition) is 2. The fraction of sp³-hybridized carbons (Fsp3) is 0.500. The molecule has 1 aromatic heterocycles. The second kappa shape index (κ2) is 10.1. The number of anilines is 2. The molecular weight excluding hydrogens is 384 g/mol. The summed E-state index contributed by atoms with van der Waals surface area (Å²) in [5.41, 5.74) is 6.80. The number of nitrogens with zero attached hydrogens (tertiary/aromatic N) is 2. The van der Waals surface area contributed by atoms with Crippen LogP contribution in [0.3, 0.4) is 0 Å². The van der Waals surface area contributed by atoms with Crippen LogP contribution in [-0.2, 0) is 11.3 Å². The first-order valence-corrected chi connectivity index (χ1v) is 10.3. The topological polar surface area (TPSA) is 110 Å². The van der Waals surface area contributed by atoms with Crippen molar-refractivity contribution in [3.63, 3.8) is 0 Å². The van der Waals surface area contributed by atoms with Gasteiger partial charge in [-0.25, -0.2) is 4.79 Å². The van der Waals surface area contributed by atoms with Gasteiger partial charge in [-0.2, -0.15) is 0 Å². The van der Waals surface area contributed by atoms with E-state index in [9.17, 15) is 14.4 Å². The van der Waals surface area contributed by atoms with Gasteiger partial charge in [0.2, 0.25) is 0 Å². The van der Waals surface area contributed by atoms with Crippen LogP contribution in [0.4, 0.5) is 11.5 Å². The van der Waals surface area contributed by atoms with Crippen molar-refractivity contribution >= 4 is 17.4 Å². The molecule has 0 saturated carbocycles. The third kappa shape index (κ3) is 5.31. The predicted octanol–water partition coefficient (Wildman–Crippen LogP) is 2.60. The Hall–Kier alpha value is -3.03. The number of carbonyl (C=O) groups excluding carboxylic acids is 1. The zero-order valence-electron chi connectivity index (χ0n) is 18.4. The van der Waals surface area contributed by atoms with E-state index in [4.69, 9.17) is 10.5 Å². The highest BCUT2D eigenvalue weighted by Gasteiger charge is 2.24. The average Bonchev–Trinajstić information content (AvgIpc) is 2.66. The molecule has 1 aromatic carbocycles. The number of benzene rings is 1. The first kappa shape index (κ1) is 23.3. The van der Waals surface area contributed by atoms with Crippen LogP contribution in [0.5, 0.6) is 5.75 Å². The summed E-state index contributed by atoms with van der Waals surface area (Å²) >= 11 is 0. The first-order chi connectivity index (χ1) is 14.2. The normalized spacial score (nSPS) is 11.0. The van der Waals surface area contributed by atoms with Crippen LogP contribution in [0.15, 0.2) is 27.8 Å². The molecular formula is C22H32N4O4. The fourth-order valence-electron chi connectivity index (χ4n) is 3.30. The predicted molar refractivity (Wildman–Crippen MR) is 119 cm³/mol. The minimum Gasteiger partial charge on any atom is -0.483 e. The average molecular weight is 417 g/mol. The molecule has 0 radical (unpaired) electrons. The number of H-pyrrole nitrogens is 1. The van der Waals surface area contributed by atoms with Crippen LogP contribution in [0, 0.1) is 19.8 Å². The van der Waals surface area contributed by atoms with Crippen molar-refractivity contribution in [2.24, 2.45) is 5.92 Å². The van der Waals surface area contributed by atoms with E-state index < -0.39 is 17.2 Å². The number of aromatic amines is 1. The first-order valence-electron chi connectivity index (χ1n) is 10.3. The molecule has 8 heteroatoms. The van der Waals surface area contributed by atoms with E-state index in [-0.39, 0.29) is 24.0 Å². The Morgan fingerprint density at radius 3 is 2.43 bits per heavy atom. The van der Waals surface area contributed by atoms with Crippen molar-refractivity contribution in [2.45, 2.75) is 54.0 Å². The lowest BCUT2D eigenvalue weighted by atomic mass is 10.1. The molecule has 0 atom stereocenters. The third-order valence-corrected chi connectivity index (χ3v) is 4.82. The number of nitrogens with one attached hydrogen (secondary N) is 1. The van der Waals surface area contributed by atoms with Gasteiger partial charge in [0.05, 0.1) is 0 Å². The molecule has 30 heavy (non-hydrogen) atoms. The van der Waals surface area contributed by atoms with Crippen LogP contribution >= 0.6 is 0 Å². The molecule has 0 aliphatic heterocycles. The SMILES string of the molecule is CCCCN(C(=O)COc1c(C)cccc1C)c1c(N)n(CC(C)C)c(=O)[nH]c1=O. The number of hydrogen-bond acceptors (Lipinski definition) is 5. The number of para-hydroxylation sites is 1. The van der Waals surface area contributed by atoms with Gasteiger partial charge >= 0.3 is 5.69 Å². The molecule has 1 heterocycles. The number of ether oxygens (including phenoxy) is 1. The maximum Gasteiger partial charge on any atom is 0.330 e. The van der Waals surface area contributed by atoms with E-state index in [0.717, 1.165) is 17.5 Å². The summed E-state index contributed by atoms with van der Waals surface area (Å²) in [5, 5.41) is 0. The zero-order chi connectivity index (χ0) is 22.4. The number of carbonyl (C=O) groups is 1. The van der Waals surface area contributed by atoms with Crippen molar-refractivity contribution in [1.29, 1.82) is 0 Å². The molecule has 164 valence electrons. The molecule has 0 fully saturated rings. The summed E-state index contributed by atoms with van der Waals surface area (Å²) in [7, 11) is 0. The highest BCUT2D eigenvalue weighted by atomic mass is 16.5. The highest BCUT2D eigenvalue weighted by Crippen LogP contribution is 2.23. The van der Waals surface area contributed by atoms with Crippen LogP contribution in [0.1, 0.15) is 44.7 Å². The lowest BCUT2D eigenvalue weighted by Crippen LogP contribution is -2.43. The van der Waals surface area contributed by atoms with Crippen LogP contribution in [-0.4, -0.2) is 28.6 Å². The molecule has 3 N–H and O–H groups in total. The molecule has 0 bridgehead atoms. The molecule has 0 unspecified atom stereocenters. The quantitative estimate of drug-likeness (QED) is 0.653. The number of aryl methyl sites for hydroxylation is 2. The second-order valence-electron chi connectivity index (χ2n) is 7.91. The summed E-state index contributed by atoms with van der Waals surface area (Å²) < 4.78 is 7.10. The van der Waals surface area contributed by atoms with Gasteiger partial charge in [0.1, 0.15) is 11.6 Å². The van der Waals surface area contributed by atoms with E-state index in [1.54, 1.807) is 0 Å². The molecule has 8 nitrogen and oxygen atoms in total. The Morgan fingerprint density at radius 2 is 1.87 bits per heavy atom. The van der Waals surface area contributed by atoms with Gasteiger partial charge in [0, 0.05) is 13.1 Å². The van der Waals surface area contributed by atoms with Crippen LogP contribution < -0.4 is 26.6 Å². The van der Waals surface area contributed by atoms with Crippen molar-refractivity contribution in [2.75, 3.05) is 23.8 Å². The maximum atomic E-state index is 13.1. The summed E-state index contributed by atoms with van der Waals surface area (Å²) in [6.45, 7) is 10.1. The maximum absolute atomic E-state index is 13.1. The Kier molecular flexibility index (Phi) is 7.86. The molecule has 0 aliphatic rings. The largest absolute Gasteiger partial charge is 0.483 e. The summed E-state index contributed by atoms with van der Waals surface area (Å²) in [4.78, 5) is 41.5. The second-order valence-corrected chi connectivity index (χ2v) is 7.91. The smallest absolute Gasteiger partial charge is 0.330 e. The summed E-state index contributed by atoms with van der Waals surface area (Å²) in [5.74, 6) is 0.385. The van der Waals surface area contributed by atoms with E-state index >= 15 is 0 Å². The molecule has 0 saturated heterocycles. The van der Waals surface area contributed by atoms with Crippen molar-refractivity contribution in [1.82, 2.24) is 9.55 Å². The van der Waals surface area contributed by atoms with Gasteiger partial charge in [-0.3, -0.25) is 19.1 Å². The molecule has 0 spiro atoms. The van der Waals surface area contributed by atoms with Gasteiger partial charge in [0.25, 0.3) is 11.5 Å². The summed E-state index contributed by atoms with van der Waals surface area (Å²) in [6, 6.07) is 5.74. The fourth-order valence-corrected chi connectivity index (χ4v) is 3.30. The highest BCUT2D eigenvalue weighted by molar-refractivity contribution is 5.96. The molecule has 2 aromatic rings. The van der Waals surface area contributed by atoms with Gasteiger partial charge in [-0.1, -0.05) is 45.4 Å². The Morgan fingerprint density at radius 1 is 1.23 bits per heavy atom. The van der Waals surface area contributed by atoms with Crippen LogP contribution in [0.2, 0.25) is 0 Å². The number of unbranched alkanes of at least 4 members (excludes halogenated alkanes) is 1. The van der Waals surface area contributed by atoms with E-state index in [1.165, 1.54) is 9.47 Å². The molecule has 1 amide bonds. The summed E-state index contributed by atoms with van der Waals surface area (Å²) in [6.07, 6.45) is 1.50. The van der Waals surface area contributed by atoms with Gasteiger partial charge < -0.3 is 15.4 Å². The minimum atomic E-state index is -0.672. The lowest BCUT2D eigenvalue weighted by molar-refractivity contribution is -0.120. The third-order valence-electron chi connectivity index (χ3n) is 4.82. The van der Waals surface area contributed by atoms with Crippen LogP contribution in [0.25, 0.3) is 0 Å². The van der Waals surface area contributed by atoms with E-state index in [2.05, 4.69) is 4.98 Å². The molecule has 2 rings (SSSR count). The van der Waals surface area contributed by atoms with Gasteiger partial charge in [-0.15, -0.1) is 0 Å². The Labute approximate surface area is 176 Å². The van der Waals surface area contributed by atoms with E-state index in [1.807, 2.05) is 52.8 Å². The Bertz CT molecular complexity index is 987. The zero-order valence-corrected chi connectivity index (χ0v) is 18.4. The standard InChI is InChI=1S/C22H32N4O4/c1-6-7-11-25(17(27)13-30-19-15(4)9-8-10-16(19)5)18-20(23)26(12-14(2)3)22(29)24-21(18)28/h8-10,14H,6-7,11-13,23H2,1-5H3,(H,24,28,29). The minimum absolute atomic E-state index is 0.00111. The Balaban J connectivity index is 2.41. The van der Waals surface area contributed by atoms with Gasteiger partial charge in [0.15, 0.2) is 12.3 Å². The van der Waals surface area contributed by atoms with Crippen molar-refractivity contribution in [3.05, 3.63) is 50.2 Å². The number of nitrogen functional groups attached to an aromatic ring is 1. The van der Waals surface area contributed by atoms with E-state index in [0.29, 0.717) is 25.3 Å². The monoisotopic (exact) mass is 416 g/mol. The van der Waals surface area contributed by atoms with Gasteiger partial charge in [-0.05, 0) is 37.3 Å². The number of nitrogens with two attached hydrogens (primary N) is 1. The number of amides is 1. The van der Waals surface area contributed by atoms with Crippen molar-refractivity contribution in [3.8, 4) is 5.75 Å². The van der Waals surface area contributed by atoms with Crippen molar-refractivity contribution < 1.29 is 9.53 Å². The number of aromatic nitrogens is 2. The lowest BCUT2D eigenvalue weighted by Gasteiger charge is -2.25. The number of rotatable bonds is 9.